The number of piperidine rings is 1. The minimum absolute atomic E-state index is 0.434. The van der Waals surface area contributed by atoms with Gasteiger partial charge in [0.2, 0.25) is 5.89 Å². The second-order valence-corrected chi connectivity index (χ2v) is 6.33. The second kappa shape index (κ2) is 7.02. The van der Waals surface area contributed by atoms with Crippen molar-refractivity contribution < 1.29 is 14.4 Å². The molecule has 0 saturated carbocycles. The van der Waals surface area contributed by atoms with Gasteiger partial charge in [0.05, 0.1) is 6.54 Å². The van der Waals surface area contributed by atoms with E-state index in [2.05, 4.69) is 30.9 Å². The normalized spacial score (nSPS) is 23.6. The maximum Gasteiger partial charge on any atom is 0.320 e. The Morgan fingerprint density at radius 1 is 1.52 bits per heavy atom. The molecule has 6 nitrogen and oxygen atoms in total. The van der Waals surface area contributed by atoms with Gasteiger partial charge in [-0.3, -0.25) is 9.69 Å². The molecule has 1 fully saturated rings. The highest BCUT2D eigenvalue weighted by Crippen LogP contribution is 2.26. The number of hydrogen-bond donors (Lipinski definition) is 1. The average Bonchev–Trinajstić information content (AvgIpc) is 2.85. The summed E-state index contributed by atoms with van der Waals surface area (Å²) in [5, 5.41) is 13.4. The van der Waals surface area contributed by atoms with Gasteiger partial charge in [-0.15, -0.1) is 0 Å². The maximum atomic E-state index is 11.5. The first-order valence-electron chi connectivity index (χ1n) is 7.77. The predicted molar refractivity (Wildman–Crippen MR) is 77.7 cm³/mol. The molecule has 21 heavy (non-hydrogen) atoms. The van der Waals surface area contributed by atoms with Crippen LogP contribution in [0.2, 0.25) is 0 Å². The number of likely N-dealkylation sites (tertiary alicyclic amines) is 1. The summed E-state index contributed by atoms with van der Waals surface area (Å²) in [7, 11) is 0. The van der Waals surface area contributed by atoms with Crippen LogP contribution in [0.25, 0.3) is 0 Å². The van der Waals surface area contributed by atoms with Gasteiger partial charge in [0.1, 0.15) is 6.04 Å². The summed E-state index contributed by atoms with van der Waals surface area (Å²) < 4.78 is 5.22. The van der Waals surface area contributed by atoms with E-state index in [9.17, 15) is 9.90 Å². The first kappa shape index (κ1) is 15.9. The third-order valence-corrected chi connectivity index (χ3v) is 4.12. The fourth-order valence-electron chi connectivity index (χ4n) is 2.87. The average molecular weight is 295 g/mol. The Kier molecular flexibility index (Phi) is 5.33. The predicted octanol–water partition coefficient (Wildman–Crippen LogP) is 2.34. The molecule has 2 unspecified atom stereocenters. The van der Waals surface area contributed by atoms with Crippen LogP contribution in [0.1, 0.15) is 51.7 Å². The molecule has 1 N–H and O–H groups in total. The Morgan fingerprint density at radius 3 is 2.90 bits per heavy atom. The summed E-state index contributed by atoms with van der Waals surface area (Å²) in [4.78, 5) is 17.8. The summed E-state index contributed by atoms with van der Waals surface area (Å²) in [6, 6.07) is -0.434. The van der Waals surface area contributed by atoms with Gasteiger partial charge < -0.3 is 9.63 Å². The third kappa shape index (κ3) is 4.27. The van der Waals surface area contributed by atoms with Gasteiger partial charge in [-0.05, 0) is 31.2 Å². The van der Waals surface area contributed by atoms with Crippen LogP contribution in [0.4, 0.5) is 0 Å². The van der Waals surface area contributed by atoms with E-state index in [1.54, 1.807) is 0 Å². The molecular weight excluding hydrogens is 270 g/mol. The number of carboxylic acids is 1. The van der Waals surface area contributed by atoms with E-state index in [4.69, 9.17) is 4.52 Å². The molecule has 0 amide bonds. The fourth-order valence-corrected chi connectivity index (χ4v) is 2.87. The first-order chi connectivity index (χ1) is 9.99. The minimum Gasteiger partial charge on any atom is -0.480 e. The van der Waals surface area contributed by atoms with Gasteiger partial charge in [-0.1, -0.05) is 32.3 Å². The van der Waals surface area contributed by atoms with Crippen LogP contribution in [0, 0.1) is 11.8 Å². The molecule has 0 aromatic carbocycles. The molecule has 0 radical (unpaired) electrons. The lowest BCUT2D eigenvalue weighted by atomic mass is 9.89. The van der Waals surface area contributed by atoms with Crippen molar-refractivity contribution in [3.63, 3.8) is 0 Å². The van der Waals surface area contributed by atoms with Gasteiger partial charge in [0.25, 0.3) is 0 Å². The van der Waals surface area contributed by atoms with Crippen LogP contribution in [0.15, 0.2) is 4.52 Å². The first-order valence-corrected chi connectivity index (χ1v) is 7.77. The zero-order valence-corrected chi connectivity index (χ0v) is 13.1. The molecule has 6 heteroatoms. The molecule has 118 valence electrons. The van der Waals surface area contributed by atoms with E-state index in [-0.39, 0.29) is 0 Å². The van der Waals surface area contributed by atoms with Gasteiger partial charge in [0, 0.05) is 6.42 Å². The summed E-state index contributed by atoms with van der Waals surface area (Å²) in [6.07, 6.45) is 3.55. The van der Waals surface area contributed by atoms with Crippen molar-refractivity contribution in [2.75, 3.05) is 6.54 Å². The van der Waals surface area contributed by atoms with E-state index in [0.717, 1.165) is 25.8 Å². The number of carbonyl (C=O) groups is 1. The van der Waals surface area contributed by atoms with Crippen molar-refractivity contribution in [1.82, 2.24) is 15.0 Å². The van der Waals surface area contributed by atoms with Crippen LogP contribution >= 0.6 is 0 Å². The summed E-state index contributed by atoms with van der Waals surface area (Å²) in [6.45, 7) is 7.55. The Bertz CT molecular complexity index is 472. The fraction of sp³-hybridized carbons (Fsp3) is 0.800. The summed E-state index contributed by atoms with van der Waals surface area (Å²) >= 11 is 0. The molecular formula is C15H25N3O3. The Balaban J connectivity index is 2.00. The topological polar surface area (TPSA) is 79.5 Å². The molecule has 2 atom stereocenters. The van der Waals surface area contributed by atoms with Gasteiger partial charge in [-0.2, -0.15) is 4.98 Å². The molecule has 1 aromatic heterocycles. The van der Waals surface area contributed by atoms with Crippen molar-refractivity contribution in [2.45, 2.75) is 59.0 Å². The summed E-state index contributed by atoms with van der Waals surface area (Å²) in [5.41, 5.74) is 0. The highest BCUT2D eigenvalue weighted by atomic mass is 16.5. The smallest absolute Gasteiger partial charge is 0.320 e. The van der Waals surface area contributed by atoms with Crippen molar-refractivity contribution in [2.24, 2.45) is 11.8 Å². The van der Waals surface area contributed by atoms with E-state index in [1.165, 1.54) is 0 Å². The van der Waals surface area contributed by atoms with Crippen molar-refractivity contribution in [1.29, 1.82) is 0 Å². The Morgan fingerprint density at radius 2 is 2.29 bits per heavy atom. The second-order valence-electron chi connectivity index (χ2n) is 6.33. The lowest BCUT2D eigenvalue weighted by Crippen LogP contribution is -2.46. The quantitative estimate of drug-likeness (QED) is 0.867. The third-order valence-electron chi connectivity index (χ3n) is 4.12. The molecule has 1 saturated heterocycles. The number of nitrogens with zero attached hydrogens (tertiary/aromatic N) is 3. The van der Waals surface area contributed by atoms with Crippen molar-refractivity contribution >= 4 is 5.97 Å². The molecule has 0 spiro atoms. The van der Waals surface area contributed by atoms with E-state index >= 15 is 0 Å². The lowest BCUT2D eigenvalue weighted by molar-refractivity contribution is -0.145. The lowest BCUT2D eigenvalue weighted by Gasteiger charge is -2.36. The maximum absolute atomic E-state index is 11.5. The van der Waals surface area contributed by atoms with Crippen LogP contribution in [-0.2, 0) is 17.8 Å². The molecule has 1 aromatic rings. The number of carboxylic acid groups (broad SMARTS) is 1. The minimum atomic E-state index is -0.751. The number of hydrogen-bond acceptors (Lipinski definition) is 5. The van der Waals surface area contributed by atoms with E-state index in [1.807, 2.05) is 4.90 Å². The van der Waals surface area contributed by atoms with Gasteiger partial charge in [0.15, 0.2) is 5.82 Å². The largest absolute Gasteiger partial charge is 0.480 e. The molecule has 2 heterocycles. The number of rotatable bonds is 6. The molecule has 1 aliphatic rings. The van der Waals surface area contributed by atoms with Crippen molar-refractivity contribution in [3.8, 4) is 0 Å². The molecule has 0 aliphatic carbocycles. The van der Waals surface area contributed by atoms with Crippen LogP contribution in [0.5, 0.6) is 0 Å². The Hall–Kier alpha value is -1.43. The molecule has 2 rings (SSSR count). The van der Waals surface area contributed by atoms with Gasteiger partial charge >= 0.3 is 5.97 Å². The summed E-state index contributed by atoms with van der Waals surface area (Å²) in [5.74, 6) is 1.44. The van der Waals surface area contributed by atoms with Crippen LogP contribution < -0.4 is 0 Å². The standard InChI is InChI=1S/C15H25N3O3/c1-4-11-5-6-18(12(8-11)15(19)20)9-13-16-14(21-17-13)7-10(2)3/h10-12H,4-9H2,1-3H3,(H,19,20). The number of aliphatic carboxylic acids is 1. The molecule has 0 bridgehead atoms. The number of aromatic nitrogens is 2. The van der Waals surface area contributed by atoms with Crippen LogP contribution in [0.3, 0.4) is 0 Å². The zero-order chi connectivity index (χ0) is 15.4. The highest BCUT2D eigenvalue weighted by molar-refractivity contribution is 5.73. The SMILES string of the molecule is CCC1CCN(Cc2noc(CC(C)C)n2)C(C(=O)O)C1. The Labute approximate surface area is 125 Å². The van der Waals surface area contributed by atoms with Crippen molar-refractivity contribution in [3.05, 3.63) is 11.7 Å². The monoisotopic (exact) mass is 295 g/mol. The van der Waals surface area contributed by atoms with E-state index in [0.29, 0.717) is 36.5 Å². The van der Waals surface area contributed by atoms with E-state index < -0.39 is 12.0 Å². The zero-order valence-electron chi connectivity index (χ0n) is 13.1. The van der Waals surface area contributed by atoms with Gasteiger partial charge in [-0.25, -0.2) is 0 Å². The molecule has 1 aliphatic heterocycles. The highest BCUT2D eigenvalue weighted by Gasteiger charge is 2.33. The van der Waals surface area contributed by atoms with Crippen LogP contribution in [-0.4, -0.2) is 38.7 Å².